The molecule has 1 N–H and O–H groups in total. The van der Waals surface area contributed by atoms with Crippen LogP contribution >= 0.6 is 0 Å². The van der Waals surface area contributed by atoms with Crippen molar-refractivity contribution in [3.8, 4) is 0 Å². The minimum atomic E-state index is -0.181. The van der Waals surface area contributed by atoms with Crippen molar-refractivity contribution in [3.05, 3.63) is 24.8 Å². The fraction of sp³-hybridized carbons (Fsp3) is 0.625. The van der Waals surface area contributed by atoms with E-state index < -0.39 is 0 Å². The third kappa shape index (κ3) is 11.9. The first-order valence-electron chi connectivity index (χ1n) is 7.44. The summed E-state index contributed by atoms with van der Waals surface area (Å²) in [5, 5.41) is 2.72. The molecule has 5 nitrogen and oxygen atoms in total. The predicted molar refractivity (Wildman–Crippen MR) is 84.7 cm³/mol. The fourth-order valence-corrected chi connectivity index (χ4v) is 1.79. The van der Waals surface area contributed by atoms with Gasteiger partial charge in [-0.05, 0) is 18.9 Å². The van der Waals surface area contributed by atoms with E-state index >= 15 is 0 Å². The van der Waals surface area contributed by atoms with Gasteiger partial charge in [0.2, 0.25) is 5.91 Å². The maximum atomic E-state index is 11.7. The maximum absolute atomic E-state index is 11.7. The van der Waals surface area contributed by atoms with Crippen LogP contribution in [0.1, 0.15) is 26.2 Å². The molecule has 0 radical (unpaired) electrons. The molecule has 0 aromatic carbocycles. The highest BCUT2D eigenvalue weighted by molar-refractivity contribution is 5.86. The van der Waals surface area contributed by atoms with Gasteiger partial charge in [-0.2, -0.15) is 0 Å². The zero-order valence-corrected chi connectivity index (χ0v) is 13.6. The average Bonchev–Trinajstić information content (AvgIpc) is 2.42. The second-order valence-electron chi connectivity index (χ2n) is 5.55. The predicted octanol–water partition coefficient (Wildman–Crippen LogP) is 1.65. The largest absolute Gasteiger partial charge is 0.461 e. The molecule has 5 heteroatoms. The molecule has 0 saturated carbocycles. The molecule has 0 aliphatic carbocycles. The van der Waals surface area contributed by atoms with Crippen LogP contribution in [0.4, 0.5) is 0 Å². The minimum Gasteiger partial charge on any atom is -0.461 e. The number of hydrogen-bond acceptors (Lipinski definition) is 3. The lowest BCUT2D eigenvalue weighted by atomic mass is 10.3. The Bertz CT molecular complexity index is 363. The zero-order chi connectivity index (χ0) is 16.1. The van der Waals surface area contributed by atoms with Crippen LogP contribution in [0.2, 0.25) is 0 Å². The summed E-state index contributed by atoms with van der Waals surface area (Å²) in [7, 11) is 3.96. The van der Waals surface area contributed by atoms with E-state index in [9.17, 15) is 9.59 Å². The van der Waals surface area contributed by atoms with Crippen molar-refractivity contribution in [2.45, 2.75) is 26.2 Å². The molecule has 0 heterocycles. The molecule has 0 saturated heterocycles. The first-order chi connectivity index (χ1) is 9.91. The quantitative estimate of drug-likeness (QED) is 0.207. The van der Waals surface area contributed by atoms with Gasteiger partial charge in [0.25, 0.3) is 0 Å². The Morgan fingerprint density at radius 1 is 1.29 bits per heavy atom. The molecule has 0 aromatic heterocycles. The summed E-state index contributed by atoms with van der Waals surface area (Å²) < 4.78 is 5.75. The number of esters is 1. The number of nitrogens with one attached hydrogen (secondary N) is 1. The lowest BCUT2D eigenvalue weighted by Crippen LogP contribution is -2.46. The van der Waals surface area contributed by atoms with Crippen molar-refractivity contribution >= 4 is 11.9 Å². The van der Waals surface area contributed by atoms with Crippen LogP contribution in [0, 0.1) is 0 Å². The number of carbonyl (C=O) groups is 2. The summed E-state index contributed by atoms with van der Waals surface area (Å²) in [6.45, 7) is 7.62. The summed E-state index contributed by atoms with van der Waals surface area (Å²) in [5.41, 5.74) is 0. The lowest BCUT2D eigenvalue weighted by molar-refractivity contribution is -0.883. The van der Waals surface area contributed by atoms with E-state index in [0.717, 1.165) is 25.8 Å². The van der Waals surface area contributed by atoms with Gasteiger partial charge in [0.1, 0.15) is 0 Å². The molecule has 120 valence electrons. The molecule has 0 aliphatic rings. The Kier molecular flexibility index (Phi) is 10.2. The minimum absolute atomic E-state index is 0.167. The molecule has 1 amide bonds. The van der Waals surface area contributed by atoms with Crippen molar-refractivity contribution in [3.63, 3.8) is 0 Å². The Balaban J connectivity index is 3.83. The third-order valence-electron chi connectivity index (χ3n) is 2.93. The second-order valence-corrected chi connectivity index (χ2v) is 5.55. The molecule has 0 aliphatic heterocycles. The van der Waals surface area contributed by atoms with E-state index in [1.54, 1.807) is 0 Å². The van der Waals surface area contributed by atoms with Gasteiger partial charge in [0.15, 0.2) is 6.54 Å². The number of rotatable bonds is 11. The van der Waals surface area contributed by atoms with E-state index in [1.165, 1.54) is 6.08 Å². The molecule has 0 bridgehead atoms. The van der Waals surface area contributed by atoms with Gasteiger partial charge in [-0.15, -0.1) is 0 Å². The van der Waals surface area contributed by atoms with Gasteiger partial charge < -0.3 is 14.5 Å². The highest BCUT2D eigenvalue weighted by Crippen LogP contribution is 2.00. The maximum Gasteiger partial charge on any atom is 0.361 e. The van der Waals surface area contributed by atoms with Gasteiger partial charge in [-0.3, -0.25) is 4.79 Å². The van der Waals surface area contributed by atoms with Crippen LogP contribution in [0.3, 0.4) is 0 Å². The Morgan fingerprint density at radius 2 is 2.00 bits per heavy atom. The summed E-state index contributed by atoms with van der Waals surface area (Å²) >= 11 is 0. The third-order valence-corrected chi connectivity index (χ3v) is 2.93. The monoisotopic (exact) mass is 297 g/mol. The van der Waals surface area contributed by atoms with Gasteiger partial charge in [0.05, 0.1) is 27.2 Å². The summed E-state index contributed by atoms with van der Waals surface area (Å²) in [6, 6.07) is 0. The second kappa shape index (κ2) is 11.1. The molecular formula is C16H29N2O3+. The van der Waals surface area contributed by atoms with E-state index in [4.69, 9.17) is 4.74 Å². The number of likely N-dealkylation sites (N-methyl/N-ethyl adjacent to an activating group) is 1. The number of allylic oxidation sites excluding steroid dienone is 1. The zero-order valence-electron chi connectivity index (χ0n) is 13.6. The first-order valence-corrected chi connectivity index (χ1v) is 7.44. The van der Waals surface area contributed by atoms with Crippen molar-refractivity contribution in [2.24, 2.45) is 0 Å². The number of carbonyl (C=O) groups excluding carboxylic acids is 2. The van der Waals surface area contributed by atoms with Crippen LogP contribution in [0.5, 0.6) is 0 Å². The van der Waals surface area contributed by atoms with Crippen molar-refractivity contribution in [1.82, 2.24) is 5.32 Å². The van der Waals surface area contributed by atoms with E-state index in [1.807, 2.05) is 20.2 Å². The normalized spacial score (nSPS) is 11.4. The van der Waals surface area contributed by atoms with Crippen LogP contribution in [0.25, 0.3) is 0 Å². The van der Waals surface area contributed by atoms with E-state index in [2.05, 4.69) is 24.9 Å². The van der Waals surface area contributed by atoms with Gasteiger partial charge in [-0.1, -0.05) is 25.7 Å². The number of amides is 1. The number of nitrogens with zero attached hydrogens (tertiary/aromatic N) is 1. The molecule has 0 spiro atoms. The fourth-order valence-electron chi connectivity index (χ4n) is 1.79. The molecule has 0 atom stereocenters. The van der Waals surface area contributed by atoms with Gasteiger partial charge >= 0.3 is 5.97 Å². The van der Waals surface area contributed by atoms with Crippen molar-refractivity contribution < 1.29 is 18.8 Å². The van der Waals surface area contributed by atoms with Crippen LogP contribution in [-0.2, 0) is 14.3 Å². The molecular weight excluding hydrogens is 268 g/mol. The Labute approximate surface area is 128 Å². The highest BCUT2D eigenvalue weighted by Gasteiger charge is 2.20. The smallest absolute Gasteiger partial charge is 0.361 e. The highest BCUT2D eigenvalue weighted by atomic mass is 16.5. The molecule has 0 rings (SSSR count). The van der Waals surface area contributed by atoms with Crippen LogP contribution in [0.15, 0.2) is 24.8 Å². The van der Waals surface area contributed by atoms with Gasteiger partial charge in [0, 0.05) is 13.0 Å². The average molecular weight is 297 g/mol. The number of quaternary nitrogens is 1. The SMILES string of the molecule is C=CC(=O)NCCC[N+](C)(C)CC(=O)OCC/C=C\CC. The Hall–Kier alpha value is -1.62. The first kappa shape index (κ1) is 19.4. The molecule has 0 aromatic rings. The molecule has 0 unspecified atom stereocenters. The van der Waals surface area contributed by atoms with Crippen LogP contribution < -0.4 is 5.32 Å². The van der Waals surface area contributed by atoms with Crippen molar-refractivity contribution in [2.75, 3.05) is 40.3 Å². The van der Waals surface area contributed by atoms with E-state index in [0.29, 0.717) is 24.2 Å². The van der Waals surface area contributed by atoms with E-state index in [-0.39, 0.29) is 11.9 Å². The molecule has 0 fully saturated rings. The standard InChI is InChI=1S/C16H28N2O3/c1-5-7-8-9-13-21-16(20)14-18(3,4)12-10-11-17-15(19)6-2/h6-8H,2,5,9-14H2,1,3-4H3/p+1/b8-7-. The topological polar surface area (TPSA) is 55.4 Å². The van der Waals surface area contributed by atoms with Crippen molar-refractivity contribution in [1.29, 1.82) is 0 Å². The summed E-state index contributed by atoms with van der Waals surface area (Å²) in [4.78, 5) is 22.7. The summed E-state index contributed by atoms with van der Waals surface area (Å²) in [6.07, 6.45) is 7.91. The Morgan fingerprint density at radius 3 is 2.62 bits per heavy atom. The van der Waals surface area contributed by atoms with Gasteiger partial charge in [-0.25, -0.2) is 4.79 Å². The number of ether oxygens (including phenoxy) is 1. The molecule has 21 heavy (non-hydrogen) atoms. The number of hydrogen-bond donors (Lipinski definition) is 1. The lowest BCUT2D eigenvalue weighted by Gasteiger charge is -2.28. The van der Waals surface area contributed by atoms with Crippen LogP contribution in [-0.4, -0.2) is 56.7 Å². The summed E-state index contributed by atoms with van der Waals surface area (Å²) in [5.74, 6) is -0.347.